The topological polar surface area (TPSA) is 54.6 Å². The molecule has 3 aromatic carbocycles. The molecule has 0 fully saturated rings. The third-order valence-electron chi connectivity index (χ3n) is 3.93. The van der Waals surface area contributed by atoms with Crippen LogP contribution < -0.4 is 4.74 Å². The smallest absolute Gasteiger partial charge is 0.143 e. The van der Waals surface area contributed by atoms with E-state index in [9.17, 15) is 0 Å². The monoisotopic (exact) mass is 502 g/mol. The normalized spacial score (nSPS) is 10.6. The highest BCUT2D eigenvalue weighted by Crippen LogP contribution is 2.24. The van der Waals surface area contributed by atoms with Gasteiger partial charge < -0.3 is 9.57 Å². The van der Waals surface area contributed by atoms with Gasteiger partial charge in [0.05, 0.1) is 21.4 Å². The van der Waals surface area contributed by atoms with Crippen LogP contribution in [0, 0.1) is 14.9 Å². The third kappa shape index (κ3) is 5.47. The van der Waals surface area contributed by atoms with Crippen molar-refractivity contribution in [3.63, 3.8) is 0 Å². The Hall–Kier alpha value is -2.56. The lowest BCUT2D eigenvalue weighted by molar-refractivity contribution is 0.132. The van der Waals surface area contributed by atoms with E-state index < -0.39 is 0 Å². The lowest BCUT2D eigenvalue weighted by atomic mass is 10.1. The Balaban J connectivity index is 1.57. The minimum atomic E-state index is 0.246. The summed E-state index contributed by atoms with van der Waals surface area (Å²) < 4.78 is 6.83. The van der Waals surface area contributed by atoms with Gasteiger partial charge >= 0.3 is 0 Å². The second kappa shape index (κ2) is 10.1. The summed E-state index contributed by atoms with van der Waals surface area (Å²) in [4.78, 5) is 5.32. The third-order valence-corrected chi connectivity index (χ3v) is 5.14. The summed E-state index contributed by atoms with van der Waals surface area (Å²) in [5.41, 5.74) is 3.23. The average Bonchev–Trinajstić information content (AvgIpc) is 2.72. The lowest BCUT2D eigenvalue weighted by Gasteiger charge is -2.10. The molecular weight excluding hydrogens is 487 g/mol. The zero-order chi connectivity index (χ0) is 19.8. The standard InChI is InChI=1S/C22H16ClIN2O2/c23-20-8-4-3-7-19(20)14-27-22-10-9-16(11-21(22)24)13-26-28-15-18-6-2-1-5-17(18)12-25/h1-11,13H,14-15H2/b26-13-. The first-order chi connectivity index (χ1) is 13.7. The van der Waals surface area contributed by atoms with E-state index in [2.05, 4.69) is 33.8 Å². The van der Waals surface area contributed by atoms with Crippen molar-refractivity contribution in [1.29, 1.82) is 5.26 Å². The number of hydrogen-bond acceptors (Lipinski definition) is 4. The van der Waals surface area contributed by atoms with Gasteiger partial charge in [-0.25, -0.2) is 0 Å². The quantitative estimate of drug-likeness (QED) is 0.228. The maximum atomic E-state index is 9.08. The molecule has 0 heterocycles. The average molecular weight is 503 g/mol. The molecule has 0 aliphatic carbocycles. The molecule has 0 radical (unpaired) electrons. The Morgan fingerprint density at radius 3 is 2.50 bits per heavy atom. The summed E-state index contributed by atoms with van der Waals surface area (Å²) in [6.07, 6.45) is 1.63. The molecule has 0 spiro atoms. The van der Waals surface area contributed by atoms with E-state index in [0.29, 0.717) is 17.2 Å². The van der Waals surface area contributed by atoms with E-state index in [1.54, 1.807) is 12.3 Å². The van der Waals surface area contributed by atoms with Gasteiger partial charge in [0.2, 0.25) is 0 Å². The van der Waals surface area contributed by atoms with Gasteiger partial charge in [-0.2, -0.15) is 5.26 Å². The van der Waals surface area contributed by atoms with Crippen molar-refractivity contribution in [3.8, 4) is 11.8 Å². The predicted octanol–water partition coefficient (Wildman–Crippen LogP) is 5.95. The maximum absolute atomic E-state index is 9.08. The maximum Gasteiger partial charge on any atom is 0.143 e. The van der Waals surface area contributed by atoms with Crippen LogP contribution in [0.1, 0.15) is 22.3 Å². The molecule has 0 aliphatic rings. The number of nitrogens with zero attached hydrogens (tertiary/aromatic N) is 2. The highest BCUT2D eigenvalue weighted by atomic mass is 127. The Labute approximate surface area is 182 Å². The van der Waals surface area contributed by atoms with E-state index in [4.69, 9.17) is 26.4 Å². The number of hydrogen-bond donors (Lipinski definition) is 0. The van der Waals surface area contributed by atoms with Crippen molar-refractivity contribution in [1.82, 2.24) is 0 Å². The van der Waals surface area contributed by atoms with Crippen LogP contribution in [0.2, 0.25) is 5.02 Å². The summed E-state index contributed by atoms with van der Waals surface area (Å²) in [6.45, 7) is 0.654. The number of benzene rings is 3. The molecule has 28 heavy (non-hydrogen) atoms. The van der Waals surface area contributed by atoms with Gasteiger partial charge in [-0.05, 0) is 58.5 Å². The molecule has 0 saturated heterocycles. The molecule has 0 bridgehead atoms. The molecule has 4 nitrogen and oxygen atoms in total. The van der Waals surface area contributed by atoms with E-state index in [-0.39, 0.29) is 6.61 Å². The first-order valence-corrected chi connectivity index (χ1v) is 9.92. The summed E-state index contributed by atoms with van der Waals surface area (Å²) in [5, 5.41) is 13.8. The Bertz CT molecular complexity index is 1030. The van der Waals surface area contributed by atoms with Crippen LogP contribution in [0.25, 0.3) is 0 Å². The summed E-state index contributed by atoms with van der Waals surface area (Å²) >= 11 is 8.38. The molecule has 0 saturated carbocycles. The molecule has 0 amide bonds. The van der Waals surface area contributed by atoms with Gasteiger partial charge in [-0.1, -0.05) is 53.2 Å². The fraction of sp³-hybridized carbons (Fsp3) is 0.0909. The molecule has 0 N–H and O–H groups in total. The van der Waals surface area contributed by atoms with Crippen LogP contribution in [-0.4, -0.2) is 6.21 Å². The fourth-order valence-corrected chi connectivity index (χ4v) is 3.33. The SMILES string of the molecule is N#Cc1ccccc1CO/N=C\c1ccc(OCc2ccccc2Cl)c(I)c1. The number of oxime groups is 1. The number of ether oxygens (including phenoxy) is 1. The number of rotatable bonds is 7. The molecule has 3 aromatic rings. The molecular formula is C22H16ClIN2O2. The van der Waals surface area contributed by atoms with Crippen LogP contribution in [0.5, 0.6) is 5.75 Å². The van der Waals surface area contributed by atoms with E-state index in [1.807, 2.05) is 60.7 Å². The van der Waals surface area contributed by atoms with Crippen molar-refractivity contribution >= 4 is 40.4 Å². The van der Waals surface area contributed by atoms with Crippen LogP contribution in [0.4, 0.5) is 0 Å². The van der Waals surface area contributed by atoms with Crippen molar-refractivity contribution < 1.29 is 9.57 Å². The molecule has 3 rings (SSSR count). The van der Waals surface area contributed by atoms with Crippen molar-refractivity contribution in [2.24, 2.45) is 5.16 Å². The van der Waals surface area contributed by atoms with Crippen molar-refractivity contribution in [2.45, 2.75) is 13.2 Å². The first kappa shape index (κ1) is 20.2. The molecule has 0 aromatic heterocycles. The Morgan fingerprint density at radius 1 is 1.00 bits per heavy atom. The van der Waals surface area contributed by atoms with E-state index in [0.717, 1.165) is 26.0 Å². The molecule has 0 atom stereocenters. The summed E-state index contributed by atoms with van der Waals surface area (Å²) in [7, 11) is 0. The highest BCUT2D eigenvalue weighted by molar-refractivity contribution is 14.1. The van der Waals surface area contributed by atoms with Gasteiger partial charge in [0.1, 0.15) is 19.0 Å². The Kier molecular flexibility index (Phi) is 7.29. The summed E-state index contributed by atoms with van der Waals surface area (Å²) in [5.74, 6) is 0.779. The van der Waals surface area contributed by atoms with Gasteiger partial charge in [0.15, 0.2) is 0 Å². The van der Waals surface area contributed by atoms with E-state index >= 15 is 0 Å². The second-order valence-electron chi connectivity index (χ2n) is 5.85. The van der Waals surface area contributed by atoms with Crippen LogP contribution in [0.15, 0.2) is 71.9 Å². The fourth-order valence-electron chi connectivity index (χ4n) is 2.45. The zero-order valence-electron chi connectivity index (χ0n) is 14.8. The first-order valence-electron chi connectivity index (χ1n) is 8.46. The molecule has 0 unspecified atom stereocenters. The van der Waals surface area contributed by atoms with Crippen LogP contribution in [0.3, 0.4) is 0 Å². The van der Waals surface area contributed by atoms with Gasteiger partial charge in [0.25, 0.3) is 0 Å². The van der Waals surface area contributed by atoms with Crippen LogP contribution >= 0.6 is 34.2 Å². The van der Waals surface area contributed by atoms with Crippen molar-refractivity contribution in [3.05, 3.63) is 97.6 Å². The highest BCUT2D eigenvalue weighted by Gasteiger charge is 2.05. The van der Waals surface area contributed by atoms with Crippen molar-refractivity contribution in [2.75, 3.05) is 0 Å². The van der Waals surface area contributed by atoms with Crippen LogP contribution in [-0.2, 0) is 18.1 Å². The second-order valence-corrected chi connectivity index (χ2v) is 7.42. The van der Waals surface area contributed by atoms with Gasteiger partial charge in [0, 0.05) is 16.1 Å². The van der Waals surface area contributed by atoms with E-state index in [1.165, 1.54) is 0 Å². The molecule has 0 aliphatic heterocycles. The van der Waals surface area contributed by atoms with Gasteiger partial charge in [-0.15, -0.1) is 0 Å². The minimum absolute atomic E-state index is 0.246. The minimum Gasteiger partial charge on any atom is -0.488 e. The van der Waals surface area contributed by atoms with Gasteiger partial charge in [-0.3, -0.25) is 0 Å². The lowest BCUT2D eigenvalue weighted by Crippen LogP contribution is -1.98. The summed E-state index contributed by atoms with van der Waals surface area (Å²) in [6, 6.07) is 22.8. The molecule has 140 valence electrons. The Morgan fingerprint density at radius 2 is 1.75 bits per heavy atom. The molecule has 6 heteroatoms. The zero-order valence-corrected chi connectivity index (χ0v) is 17.7. The predicted molar refractivity (Wildman–Crippen MR) is 118 cm³/mol. The number of halogens is 2. The number of nitriles is 1. The largest absolute Gasteiger partial charge is 0.488 e.